The fraction of sp³-hybridized carbons (Fsp3) is 0.619. The van der Waals surface area contributed by atoms with E-state index in [9.17, 15) is 4.79 Å². The second-order valence-corrected chi connectivity index (χ2v) is 7.66. The van der Waals surface area contributed by atoms with Gasteiger partial charge in [-0.3, -0.25) is 14.3 Å². The van der Waals surface area contributed by atoms with Crippen LogP contribution in [-0.2, 0) is 11.3 Å². The molecule has 0 amide bonds. The number of hydrogen-bond acceptors (Lipinski definition) is 5. The van der Waals surface area contributed by atoms with E-state index in [1.54, 1.807) is 7.11 Å². The number of para-hydroxylation sites is 1. The molecule has 6 heteroatoms. The highest BCUT2D eigenvalue weighted by molar-refractivity contribution is 5.77. The summed E-state index contributed by atoms with van der Waals surface area (Å²) >= 11 is 0. The molecule has 1 aliphatic rings. The van der Waals surface area contributed by atoms with Crippen molar-refractivity contribution in [2.24, 2.45) is 0 Å². The zero-order chi connectivity index (χ0) is 19.4. The minimum Gasteiger partial charge on any atom is -0.383 e. The van der Waals surface area contributed by atoms with Crippen LogP contribution < -0.4 is 10.9 Å². The molecule has 2 heterocycles. The number of fused-ring (bicyclic) bond motifs is 1. The Morgan fingerprint density at radius 2 is 1.96 bits per heavy atom. The summed E-state index contributed by atoms with van der Waals surface area (Å²) in [6, 6.07) is 8.63. The first-order valence-corrected chi connectivity index (χ1v) is 10.0. The van der Waals surface area contributed by atoms with Gasteiger partial charge in [0.1, 0.15) is 5.82 Å². The topological polar surface area (TPSA) is 59.4 Å². The highest BCUT2D eigenvalue weighted by Crippen LogP contribution is 2.27. The molecular formula is C21H32N4O2. The maximum Gasteiger partial charge on any atom is 0.261 e. The molecule has 0 unspecified atom stereocenters. The van der Waals surface area contributed by atoms with Crippen LogP contribution in [0.3, 0.4) is 0 Å². The van der Waals surface area contributed by atoms with E-state index in [2.05, 4.69) is 31.0 Å². The SMILES string of the molecule is CCC[C@@H](c1nc2ccccc2c(=O)n1CCOC)N1C[C@@H](C)N[C@@H](C)C1. The third-order valence-corrected chi connectivity index (χ3v) is 5.30. The number of hydrogen-bond donors (Lipinski definition) is 1. The lowest BCUT2D eigenvalue weighted by Gasteiger charge is -2.41. The smallest absolute Gasteiger partial charge is 0.261 e. The number of nitrogens with zero attached hydrogens (tertiary/aromatic N) is 3. The first kappa shape index (κ1) is 20.0. The lowest BCUT2D eigenvalue weighted by molar-refractivity contribution is 0.106. The molecule has 0 saturated carbocycles. The lowest BCUT2D eigenvalue weighted by atomic mass is 10.0. The number of benzene rings is 1. The van der Waals surface area contributed by atoms with Gasteiger partial charge in [0, 0.05) is 32.3 Å². The van der Waals surface area contributed by atoms with Gasteiger partial charge in [0.25, 0.3) is 5.56 Å². The Balaban J connectivity index is 2.10. The third kappa shape index (κ3) is 4.39. The van der Waals surface area contributed by atoms with E-state index in [1.165, 1.54) is 0 Å². The molecule has 0 aliphatic carbocycles. The molecule has 1 aliphatic heterocycles. The van der Waals surface area contributed by atoms with E-state index in [-0.39, 0.29) is 11.6 Å². The molecule has 27 heavy (non-hydrogen) atoms. The summed E-state index contributed by atoms with van der Waals surface area (Å²) in [5.41, 5.74) is 0.813. The van der Waals surface area contributed by atoms with Crippen LogP contribution in [0, 0.1) is 0 Å². The normalized spacial score (nSPS) is 22.2. The Hall–Kier alpha value is -1.76. The zero-order valence-electron chi connectivity index (χ0n) is 16.9. The van der Waals surface area contributed by atoms with Crippen LogP contribution in [0.4, 0.5) is 0 Å². The van der Waals surface area contributed by atoms with Gasteiger partial charge in [-0.25, -0.2) is 4.98 Å². The molecule has 1 saturated heterocycles. The van der Waals surface area contributed by atoms with Gasteiger partial charge in [0.2, 0.25) is 0 Å². The van der Waals surface area contributed by atoms with Crippen molar-refractivity contribution in [3.63, 3.8) is 0 Å². The van der Waals surface area contributed by atoms with Crippen molar-refractivity contribution in [3.05, 3.63) is 40.4 Å². The maximum absolute atomic E-state index is 13.2. The Morgan fingerprint density at radius 3 is 2.63 bits per heavy atom. The molecule has 0 radical (unpaired) electrons. The van der Waals surface area contributed by atoms with Crippen LogP contribution in [0.2, 0.25) is 0 Å². The summed E-state index contributed by atoms with van der Waals surface area (Å²) in [5, 5.41) is 4.27. The van der Waals surface area contributed by atoms with Crippen molar-refractivity contribution in [2.45, 2.75) is 58.3 Å². The van der Waals surface area contributed by atoms with Crippen molar-refractivity contribution in [1.29, 1.82) is 0 Å². The molecular weight excluding hydrogens is 340 g/mol. The van der Waals surface area contributed by atoms with Gasteiger partial charge in [-0.05, 0) is 32.4 Å². The second kappa shape index (κ2) is 8.95. The van der Waals surface area contributed by atoms with Crippen molar-refractivity contribution in [2.75, 3.05) is 26.8 Å². The average Bonchev–Trinajstić information content (AvgIpc) is 2.64. The summed E-state index contributed by atoms with van der Waals surface area (Å²) in [4.78, 5) is 20.7. The van der Waals surface area contributed by atoms with E-state index in [4.69, 9.17) is 9.72 Å². The van der Waals surface area contributed by atoms with Crippen LogP contribution in [0.15, 0.2) is 29.1 Å². The predicted octanol–water partition coefficient (Wildman–Crippen LogP) is 2.57. The molecule has 3 rings (SSSR count). The summed E-state index contributed by atoms with van der Waals surface area (Å²) in [6.45, 7) is 9.58. The fourth-order valence-corrected chi connectivity index (χ4v) is 4.21. The van der Waals surface area contributed by atoms with Gasteiger partial charge in [0.15, 0.2) is 0 Å². The number of ether oxygens (including phenoxy) is 1. The van der Waals surface area contributed by atoms with Crippen LogP contribution in [0.25, 0.3) is 10.9 Å². The van der Waals surface area contributed by atoms with Crippen LogP contribution >= 0.6 is 0 Å². The van der Waals surface area contributed by atoms with Gasteiger partial charge in [-0.1, -0.05) is 25.5 Å². The standard InChI is InChI=1S/C21H32N4O2/c1-5-8-19(24-13-15(2)22-16(3)14-24)20-23-18-10-7-6-9-17(18)21(26)25(20)11-12-27-4/h6-7,9-10,15-16,19,22H,5,8,11-14H2,1-4H3/t15-,16+,19-/m0/s1. The first-order valence-electron chi connectivity index (χ1n) is 10.0. The number of rotatable bonds is 7. The lowest BCUT2D eigenvalue weighted by Crippen LogP contribution is -2.55. The van der Waals surface area contributed by atoms with Gasteiger partial charge in [-0.15, -0.1) is 0 Å². The Labute approximate surface area is 161 Å². The Morgan fingerprint density at radius 1 is 1.26 bits per heavy atom. The van der Waals surface area contributed by atoms with Crippen LogP contribution in [-0.4, -0.2) is 53.3 Å². The van der Waals surface area contributed by atoms with Crippen LogP contribution in [0.5, 0.6) is 0 Å². The number of nitrogens with one attached hydrogen (secondary N) is 1. The van der Waals surface area contributed by atoms with Gasteiger partial charge in [-0.2, -0.15) is 0 Å². The van der Waals surface area contributed by atoms with Gasteiger partial charge >= 0.3 is 0 Å². The molecule has 1 aromatic heterocycles. The van der Waals surface area contributed by atoms with Crippen molar-refractivity contribution < 1.29 is 4.74 Å². The monoisotopic (exact) mass is 372 g/mol. The van der Waals surface area contributed by atoms with Gasteiger partial charge < -0.3 is 10.1 Å². The van der Waals surface area contributed by atoms with Crippen molar-refractivity contribution in [3.8, 4) is 0 Å². The molecule has 6 nitrogen and oxygen atoms in total. The molecule has 148 valence electrons. The first-order chi connectivity index (χ1) is 13.0. The van der Waals surface area contributed by atoms with E-state index in [1.807, 2.05) is 28.8 Å². The number of aromatic nitrogens is 2. The van der Waals surface area contributed by atoms with E-state index >= 15 is 0 Å². The quantitative estimate of drug-likeness (QED) is 0.809. The Kier molecular flexibility index (Phi) is 6.63. The highest BCUT2D eigenvalue weighted by atomic mass is 16.5. The molecule has 2 aromatic rings. The summed E-state index contributed by atoms with van der Waals surface area (Å²) < 4.78 is 7.11. The fourth-order valence-electron chi connectivity index (χ4n) is 4.21. The summed E-state index contributed by atoms with van der Waals surface area (Å²) in [5.74, 6) is 0.874. The molecule has 1 N–H and O–H groups in total. The minimum absolute atomic E-state index is 0.0324. The maximum atomic E-state index is 13.2. The molecule has 0 bridgehead atoms. The van der Waals surface area contributed by atoms with E-state index in [0.29, 0.717) is 30.6 Å². The minimum atomic E-state index is 0.0324. The number of methoxy groups -OCH3 is 1. The molecule has 3 atom stereocenters. The molecule has 1 aromatic carbocycles. The predicted molar refractivity (Wildman–Crippen MR) is 109 cm³/mol. The highest BCUT2D eigenvalue weighted by Gasteiger charge is 2.30. The van der Waals surface area contributed by atoms with Crippen molar-refractivity contribution >= 4 is 10.9 Å². The Bertz CT molecular complexity index is 809. The van der Waals surface area contributed by atoms with E-state index < -0.39 is 0 Å². The average molecular weight is 373 g/mol. The van der Waals surface area contributed by atoms with Crippen molar-refractivity contribution in [1.82, 2.24) is 19.8 Å². The van der Waals surface area contributed by atoms with E-state index in [0.717, 1.165) is 37.3 Å². The zero-order valence-corrected chi connectivity index (χ0v) is 16.9. The summed E-state index contributed by atoms with van der Waals surface area (Å²) in [6.07, 6.45) is 2.03. The van der Waals surface area contributed by atoms with Crippen LogP contribution in [0.1, 0.15) is 45.5 Å². The van der Waals surface area contributed by atoms with Gasteiger partial charge in [0.05, 0.1) is 30.1 Å². The largest absolute Gasteiger partial charge is 0.383 e. The summed E-state index contributed by atoms with van der Waals surface area (Å²) in [7, 11) is 1.67. The second-order valence-electron chi connectivity index (χ2n) is 7.66. The number of piperazine rings is 1. The molecule has 1 fully saturated rings. The third-order valence-electron chi connectivity index (χ3n) is 5.30. The molecule has 0 spiro atoms.